The highest BCUT2D eigenvalue weighted by atomic mass is 16.5. The number of aryl methyl sites for hydroxylation is 1. The molecule has 1 atom stereocenters. The number of aromatic nitrogens is 2. The van der Waals surface area contributed by atoms with Crippen LogP contribution in [0.2, 0.25) is 0 Å². The minimum absolute atomic E-state index is 0.476. The van der Waals surface area contributed by atoms with Crippen LogP contribution in [0.4, 0.5) is 5.95 Å². The van der Waals surface area contributed by atoms with Crippen LogP contribution in [0.1, 0.15) is 13.3 Å². The molecule has 1 aromatic rings. The van der Waals surface area contributed by atoms with Gasteiger partial charge in [-0.3, -0.25) is 0 Å². The molecule has 1 rings (SSSR count). The maximum Gasteiger partial charge on any atom is 0.202 e. The third-order valence-corrected chi connectivity index (χ3v) is 2.52. The minimum atomic E-state index is 0.476. The first-order valence-electron chi connectivity index (χ1n) is 6.00. The van der Waals surface area contributed by atoms with Crippen molar-refractivity contribution in [3.8, 4) is 0 Å². The lowest BCUT2D eigenvalue weighted by atomic mass is 10.2. The largest absolute Gasteiger partial charge is 0.385 e. The molecule has 98 valence electrons. The molecular formula is C12H23N3O2. The Morgan fingerprint density at radius 3 is 2.94 bits per heavy atom. The van der Waals surface area contributed by atoms with Gasteiger partial charge in [0, 0.05) is 46.3 Å². The summed E-state index contributed by atoms with van der Waals surface area (Å²) in [7, 11) is 3.45. The maximum absolute atomic E-state index is 5.10. The van der Waals surface area contributed by atoms with E-state index in [1.165, 1.54) is 0 Å². The molecule has 5 heteroatoms. The smallest absolute Gasteiger partial charge is 0.202 e. The Kier molecular flexibility index (Phi) is 6.65. The van der Waals surface area contributed by atoms with Crippen LogP contribution in [-0.4, -0.2) is 43.5 Å². The molecule has 17 heavy (non-hydrogen) atoms. The van der Waals surface area contributed by atoms with Gasteiger partial charge in [0.25, 0.3) is 0 Å². The van der Waals surface area contributed by atoms with Crippen LogP contribution in [0.25, 0.3) is 0 Å². The lowest BCUT2D eigenvalue weighted by molar-refractivity contribution is 0.164. The number of nitrogens with one attached hydrogen (secondary N) is 1. The molecule has 0 fully saturated rings. The van der Waals surface area contributed by atoms with E-state index in [4.69, 9.17) is 9.47 Å². The molecule has 1 aromatic heterocycles. The molecule has 0 saturated carbocycles. The van der Waals surface area contributed by atoms with Gasteiger partial charge in [-0.15, -0.1) is 0 Å². The van der Waals surface area contributed by atoms with E-state index in [1.807, 2.05) is 12.4 Å². The SMILES string of the molecule is COCCCn1ccnc1NCC(C)COC. The topological polar surface area (TPSA) is 48.3 Å². The van der Waals surface area contributed by atoms with Gasteiger partial charge in [0.05, 0.1) is 6.61 Å². The molecule has 1 heterocycles. The van der Waals surface area contributed by atoms with E-state index in [-0.39, 0.29) is 0 Å². The minimum Gasteiger partial charge on any atom is -0.385 e. The van der Waals surface area contributed by atoms with Crippen molar-refractivity contribution in [3.63, 3.8) is 0 Å². The van der Waals surface area contributed by atoms with Crippen LogP contribution < -0.4 is 5.32 Å². The number of imidazole rings is 1. The Hall–Kier alpha value is -1.07. The van der Waals surface area contributed by atoms with Gasteiger partial charge in [-0.05, 0) is 12.3 Å². The average molecular weight is 241 g/mol. The molecule has 5 nitrogen and oxygen atoms in total. The first kappa shape index (κ1) is 14.0. The van der Waals surface area contributed by atoms with Gasteiger partial charge in [0.1, 0.15) is 0 Å². The zero-order valence-electron chi connectivity index (χ0n) is 11.0. The van der Waals surface area contributed by atoms with E-state index in [0.717, 1.165) is 38.7 Å². The van der Waals surface area contributed by atoms with Crippen LogP contribution in [0.15, 0.2) is 12.4 Å². The first-order valence-corrected chi connectivity index (χ1v) is 6.00. The summed E-state index contributed by atoms with van der Waals surface area (Å²) in [6.07, 6.45) is 4.80. The van der Waals surface area contributed by atoms with Gasteiger partial charge < -0.3 is 19.4 Å². The summed E-state index contributed by atoms with van der Waals surface area (Å²) in [6.45, 7) is 5.48. The first-order chi connectivity index (χ1) is 8.27. The van der Waals surface area contributed by atoms with Crippen LogP contribution >= 0.6 is 0 Å². The highest BCUT2D eigenvalue weighted by Crippen LogP contribution is 2.07. The van der Waals surface area contributed by atoms with Crippen molar-refractivity contribution >= 4 is 5.95 Å². The van der Waals surface area contributed by atoms with Gasteiger partial charge >= 0.3 is 0 Å². The van der Waals surface area contributed by atoms with Gasteiger partial charge in [0.15, 0.2) is 0 Å². The van der Waals surface area contributed by atoms with E-state index < -0.39 is 0 Å². The van der Waals surface area contributed by atoms with Crippen molar-refractivity contribution in [2.45, 2.75) is 19.9 Å². The van der Waals surface area contributed by atoms with E-state index >= 15 is 0 Å². The van der Waals surface area contributed by atoms with Gasteiger partial charge in [-0.1, -0.05) is 6.92 Å². The predicted octanol–water partition coefficient (Wildman–Crippen LogP) is 1.61. The molecule has 0 spiro atoms. The van der Waals surface area contributed by atoms with E-state index in [2.05, 4.69) is 21.8 Å². The summed E-state index contributed by atoms with van der Waals surface area (Å²) in [6, 6.07) is 0. The van der Waals surface area contributed by atoms with Crippen molar-refractivity contribution in [1.82, 2.24) is 9.55 Å². The lowest BCUT2D eigenvalue weighted by Crippen LogP contribution is -2.18. The summed E-state index contributed by atoms with van der Waals surface area (Å²) >= 11 is 0. The monoisotopic (exact) mass is 241 g/mol. The second kappa shape index (κ2) is 8.08. The van der Waals surface area contributed by atoms with E-state index in [9.17, 15) is 0 Å². The zero-order valence-corrected chi connectivity index (χ0v) is 11.0. The number of ether oxygens (including phenoxy) is 2. The molecule has 0 aromatic carbocycles. The van der Waals surface area contributed by atoms with Crippen LogP contribution in [0, 0.1) is 5.92 Å². The number of anilines is 1. The Morgan fingerprint density at radius 1 is 1.41 bits per heavy atom. The van der Waals surface area contributed by atoms with Crippen LogP contribution in [0.3, 0.4) is 0 Å². The summed E-state index contributed by atoms with van der Waals surface area (Å²) in [5, 5.41) is 3.34. The second-order valence-corrected chi connectivity index (χ2v) is 4.23. The van der Waals surface area contributed by atoms with Crippen LogP contribution in [0.5, 0.6) is 0 Å². The fourth-order valence-electron chi connectivity index (χ4n) is 1.64. The van der Waals surface area contributed by atoms with Gasteiger partial charge in [-0.2, -0.15) is 0 Å². The highest BCUT2D eigenvalue weighted by molar-refractivity contribution is 5.25. The number of nitrogens with zero attached hydrogens (tertiary/aromatic N) is 2. The Balaban J connectivity index is 2.34. The number of hydrogen-bond acceptors (Lipinski definition) is 4. The van der Waals surface area contributed by atoms with Crippen molar-refractivity contribution < 1.29 is 9.47 Å². The summed E-state index contributed by atoms with van der Waals surface area (Å²) in [4.78, 5) is 4.30. The standard InChI is InChI=1S/C12H23N3O2/c1-11(10-17-3)9-14-12-13-5-7-15(12)6-4-8-16-2/h5,7,11H,4,6,8-10H2,1-3H3,(H,13,14). The molecule has 0 radical (unpaired) electrons. The summed E-state index contributed by atoms with van der Waals surface area (Å²) in [5.74, 6) is 1.40. The Morgan fingerprint density at radius 2 is 2.24 bits per heavy atom. The van der Waals surface area contributed by atoms with Crippen LogP contribution in [-0.2, 0) is 16.0 Å². The highest BCUT2D eigenvalue weighted by Gasteiger charge is 2.05. The lowest BCUT2D eigenvalue weighted by Gasteiger charge is -2.13. The fourth-order valence-corrected chi connectivity index (χ4v) is 1.64. The third-order valence-electron chi connectivity index (χ3n) is 2.52. The number of rotatable bonds is 9. The molecule has 1 unspecified atom stereocenters. The zero-order chi connectivity index (χ0) is 12.5. The molecule has 0 saturated heterocycles. The predicted molar refractivity (Wildman–Crippen MR) is 68.2 cm³/mol. The van der Waals surface area contributed by atoms with E-state index in [1.54, 1.807) is 14.2 Å². The molecule has 0 amide bonds. The average Bonchev–Trinajstić information content (AvgIpc) is 2.75. The molecule has 0 aliphatic carbocycles. The maximum atomic E-state index is 5.10. The van der Waals surface area contributed by atoms with Crippen molar-refractivity contribution in [3.05, 3.63) is 12.4 Å². The second-order valence-electron chi connectivity index (χ2n) is 4.23. The summed E-state index contributed by atoms with van der Waals surface area (Å²) < 4.78 is 12.2. The molecule has 0 aliphatic rings. The molecular weight excluding hydrogens is 218 g/mol. The molecule has 0 aliphatic heterocycles. The Bertz CT molecular complexity index is 302. The number of methoxy groups -OCH3 is 2. The third kappa shape index (κ3) is 5.19. The normalized spacial score (nSPS) is 12.6. The quantitative estimate of drug-likeness (QED) is 0.667. The number of hydrogen-bond donors (Lipinski definition) is 1. The van der Waals surface area contributed by atoms with Crippen molar-refractivity contribution in [2.75, 3.05) is 39.3 Å². The fraction of sp³-hybridized carbons (Fsp3) is 0.750. The molecule has 1 N–H and O–H groups in total. The van der Waals surface area contributed by atoms with Gasteiger partial charge in [-0.25, -0.2) is 4.98 Å². The van der Waals surface area contributed by atoms with Gasteiger partial charge in [0.2, 0.25) is 5.95 Å². The van der Waals surface area contributed by atoms with Crippen molar-refractivity contribution in [1.29, 1.82) is 0 Å². The summed E-state index contributed by atoms with van der Waals surface area (Å²) in [5.41, 5.74) is 0. The Labute approximate surface area is 103 Å². The van der Waals surface area contributed by atoms with Crippen molar-refractivity contribution in [2.24, 2.45) is 5.92 Å². The van der Waals surface area contributed by atoms with E-state index in [0.29, 0.717) is 5.92 Å². The molecule has 0 bridgehead atoms.